The summed E-state index contributed by atoms with van der Waals surface area (Å²) in [6.45, 7) is 10.4. The third-order valence-corrected chi connectivity index (χ3v) is 3.49. The molecule has 0 unspecified atom stereocenters. The van der Waals surface area contributed by atoms with Gasteiger partial charge in [0.15, 0.2) is 0 Å². The van der Waals surface area contributed by atoms with Crippen LogP contribution in [0.1, 0.15) is 52.5 Å². The summed E-state index contributed by atoms with van der Waals surface area (Å²) in [6.07, 6.45) is 0.800. The molecular weight excluding hydrogens is 290 g/mol. The highest BCUT2D eigenvalue weighted by molar-refractivity contribution is 5.76. The Hall–Kier alpha value is -2.17. The van der Waals surface area contributed by atoms with Gasteiger partial charge in [0.05, 0.1) is 0 Å². The Morgan fingerprint density at radius 1 is 1.22 bits per heavy atom. The average molecular weight is 315 g/mol. The number of nitrogens with one attached hydrogen (secondary N) is 1. The zero-order valence-electron chi connectivity index (χ0n) is 14.5. The van der Waals surface area contributed by atoms with Crippen molar-refractivity contribution < 1.29 is 9.32 Å². The molecule has 2 rings (SSSR count). The number of nitrogens with zero attached hydrogens (tertiary/aromatic N) is 2. The fraction of sp³-hybridized carbons (Fsp3) is 0.500. The van der Waals surface area contributed by atoms with Crippen LogP contribution in [0.3, 0.4) is 0 Å². The fourth-order valence-electron chi connectivity index (χ4n) is 2.21. The van der Waals surface area contributed by atoms with Gasteiger partial charge in [-0.15, -0.1) is 0 Å². The van der Waals surface area contributed by atoms with Gasteiger partial charge in [0, 0.05) is 24.4 Å². The van der Waals surface area contributed by atoms with Gasteiger partial charge in [0.25, 0.3) is 0 Å². The molecule has 0 aliphatic heterocycles. The number of rotatable bonds is 5. The number of hydrogen-bond donors (Lipinski definition) is 1. The van der Waals surface area contributed by atoms with Gasteiger partial charge in [0.2, 0.25) is 17.6 Å². The van der Waals surface area contributed by atoms with Crippen LogP contribution in [0.4, 0.5) is 0 Å². The molecule has 0 bridgehead atoms. The lowest BCUT2D eigenvalue weighted by Crippen LogP contribution is -2.30. The van der Waals surface area contributed by atoms with Gasteiger partial charge in [-0.3, -0.25) is 4.79 Å². The van der Waals surface area contributed by atoms with E-state index in [4.69, 9.17) is 4.52 Å². The van der Waals surface area contributed by atoms with E-state index in [0.29, 0.717) is 24.6 Å². The molecule has 124 valence electrons. The van der Waals surface area contributed by atoms with E-state index in [1.165, 1.54) is 5.56 Å². The lowest BCUT2D eigenvalue weighted by Gasteiger charge is -2.18. The molecule has 0 fully saturated rings. The maximum absolute atomic E-state index is 11.6. The van der Waals surface area contributed by atoms with Gasteiger partial charge in [-0.25, -0.2) is 0 Å². The zero-order valence-corrected chi connectivity index (χ0v) is 14.5. The van der Waals surface area contributed by atoms with Gasteiger partial charge >= 0.3 is 0 Å². The van der Waals surface area contributed by atoms with Crippen molar-refractivity contribution in [1.29, 1.82) is 0 Å². The summed E-state index contributed by atoms with van der Waals surface area (Å²) >= 11 is 0. The first-order valence-corrected chi connectivity index (χ1v) is 7.98. The summed E-state index contributed by atoms with van der Waals surface area (Å²) in [5.41, 5.74) is 2.29. The van der Waals surface area contributed by atoms with E-state index in [0.717, 1.165) is 5.56 Å². The topological polar surface area (TPSA) is 68.0 Å². The standard InChI is InChI=1S/C18H25N3O2/c1-12(2)19-15(22)10-11-16-20-17(21-23-16)13-6-8-14(9-7-13)18(3,4)5/h6-9,12H,10-11H2,1-5H3,(H,19,22). The first-order chi connectivity index (χ1) is 10.8. The summed E-state index contributed by atoms with van der Waals surface area (Å²) in [6, 6.07) is 8.31. The van der Waals surface area contributed by atoms with Crippen LogP contribution in [-0.4, -0.2) is 22.1 Å². The van der Waals surface area contributed by atoms with Crippen molar-refractivity contribution in [2.45, 2.75) is 58.9 Å². The van der Waals surface area contributed by atoms with Gasteiger partial charge in [0.1, 0.15) is 0 Å². The Balaban J connectivity index is 2.00. The van der Waals surface area contributed by atoms with Crippen LogP contribution in [0.25, 0.3) is 11.4 Å². The van der Waals surface area contributed by atoms with Crippen molar-refractivity contribution in [3.63, 3.8) is 0 Å². The molecule has 0 radical (unpaired) electrons. The van der Waals surface area contributed by atoms with Crippen LogP contribution >= 0.6 is 0 Å². The Morgan fingerprint density at radius 3 is 2.43 bits per heavy atom. The molecule has 5 nitrogen and oxygen atoms in total. The monoisotopic (exact) mass is 315 g/mol. The second-order valence-corrected chi connectivity index (χ2v) is 7.06. The maximum Gasteiger partial charge on any atom is 0.227 e. The minimum absolute atomic E-state index is 0.00530. The first-order valence-electron chi connectivity index (χ1n) is 7.98. The number of aromatic nitrogens is 2. The largest absolute Gasteiger partial charge is 0.354 e. The van der Waals surface area contributed by atoms with E-state index >= 15 is 0 Å². The molecule has 1 N–H and O–H groups in total. The number of carbonyl (C=O) groups excluding carboxylic acids is 1. The molecule has 0 saturated heterocycles. The predicted molar refractivity (Wildman–Crippen MR) is 90.0 cm³/mol. The van der Waals surface area contributed by atoms with Crippen molar-refractivity contribution in [3.8, 4) is 11.4 Å². The lowest BCUT2D eigenvalue weighted by atomic mass is 9.87. The molecular formula is C18H25N3O2. The van der Waals surface area contributed by atoms with E-state index in [2.05, 4.69) is 48.4 Å². The van der Waals surface area contributed by atoms with Crippen LogP contribution in [0, 0.1) is 0 Å². The SMILES string of the molecule is CC(C)NC(=O)CCc1nc(-c2ccc(C(C)(C)C)cc2)no1. The zero-order chi connectivity index (χ0) is 17.0. The molecule has 0 aliphatic rings. The highest BCUT2D eigenvalue weighted by Crippen LogP contribution is 2.25. The highest BCUT2D eigenvalue weighted by Gasteiger charge is 2.15. The van der Waals surface area contributed by atoms with Crippen LogP contribution in [-0.2, 0) is 16.6 Å². The average Bonchev–Trinajstić information content (AvgIpc) is 2.92. The number of benzene rings is 1. The van der Waals surface area contributed by atoms with E-state index in [1.54, 1.807) is 0 Å². The van der Waals surface area contributed by atoms with Gasteiger partial charge in [-0.05, 0) is 24.8 Å². The third-order valence-electron chi connectivity index (χ3n) is 3.49. The second-order valence-electron chi connectivity index (χ2n) is 7.06. The van der Waals surface area contributed by atoms with E-state index in [9.17, 15) is 4.79 Å². The Kier molecular flexibility index (Phi) is 5.19. The minimum atomic E-state index is -0.00530. The van der Waals surface area contributed by atoms with E-state index in [1.807, 2.05) is 26.0 Å². The Morgan fingerprint density at radius 2 is 1.87 bits per heavy atom. The van der Waals surface area contributed by atoms with Crippen molar-refractivity contribution in [2.75, 3.05) is 0 Å². The number of amides is 1. The number of aryl methyl sites for hydroxylation is 1. The van der Waals surface area contributed by atoms with Crippen molar-refractivity contribution in [2.24, 2.45) is 0 Å². The molecule has 1 aromatic heterocycles. The van der Waals surface area contributed by atoms with Crippen molar-refractivity contribution in [3.05, 3.63) is 35.7 Å². The van der Waals surface area contributed by atoms with E-state index in [-0.39, 0.29) is 17.4 Å². The molecule has 1 amide bonds. The van der Waals surface area contributed by atoms with Gasteiger partial charge < -0.3 is 9.84 Å². The van der Waals surface area contributed by atoms with Crippen molar-refractivity contribution >= 4 is 5.91 Å². The van der Waals surface area contributed by atoms with Crippen LogP contribution < -0.4 is 5.32 Å². The Bertz CT molecular complexity index is 652. The van der Waals surface area contributed by atoms with Crippen molar-refractivity contribution in [1.82, 2.24) is 15.5 Å². The van der Waals surface area contributed by atoms with Crippen LogP contribution in [0.2, 0.25) is 0 Å². The smallest absolute Gasteiger partial charge is 0.227 e. The minimum Gasteiger partial charge on any atom is -0.354 e. The number of hydrogen-bond acceptors (Lipinski definition) is 4. The molecule has 23 heavy (non-hydrogen) atoms. The maximum atomic E-state index is 11.6. The first kappa shape index (κ1) is 17.2. The predicted octanol–water partition coefficient (Wildman–Crippen LogP) is 3.49. The summed E-state index contributed by atoms with van der Waals surface area (Å²) in [5.74, 6) is 1.04. The summed E-state index contributed by atoms with van der Waals surface area (Å²) in [4.78, 5) is 16.0. The summed E-state index contributed by atoms with van der Waals surface area (Å²) < 4.78 is 5.23. The van der Waals surface area contributed by atoms with E-state index < -0.39 is 0 Å². The van der Waals surface area contributed by atoms with Gasteiger partial charge in [-0.1, -0.05) is 50.2 Å². The normalized spacial score (nSPS) is 11.7. The lowest BCUT2D eigenvalue weighted by molar-refractivity contribution is -0.121. The molecule has 0 aliphatic carbocycles. The van der Waals surface area contributed by atoms with Crippen LogP contribution in [0.5, 0.6) is 0 Å². The van der Waals surface area contributed by atoms with Crippen LogP contribution in [0.15, 0.2) is 28.8 Å². The molecule has 0 saturated carbocycles. The highest BCUT2D eigenvalue weighted by atomic mass is 16.5. The fourth-order valence-corrected chi connectivity index (χ4v) is 2.21. The molecule has 1 aromatic carbocycles. The molecule has 1 heterocycles. The van der Waals surface area contributed by atoms with Gasteiger partial charge in [-0.2, -0.15) is 4.98 Å². The molecule has 0 atom stereocenters. The summed E-state index contributed by atoms with van der Waals surface area (Å²) in [5, 5.41) is 6.84. The quantitative estimate of drug-likeness (QED) is 0.917. The Labute approximate surface area is 137 Å². The molecule has 5 heteroatoms. The molecule has 2 aromatic rings. The molecule has 0 spiro atoms. The second kappa shape index (κ2) is 6.94. The summed E-state index contributed by atoms with van der Waals surface area (Å²) in [7, 11) is 0. The number of carbonyl (C=O) groups is 1. The third kappa shape index (κ3) is 4.91.